The number of carboxylic acid groups (broad SMARTS) is 1. The zero-order valence-corrected chi connectivity index (χ0v) is 16.7. The van der Waals surface area contributed by atoms with Gasteiger partial charge in [0.15, 0.2) is 0 Å². The van der Waals surface area contributed by atoms with Crippen molar-refractivity contribution in [3.63, 3.8) is 0 Å². The third-order valence-corrected chi connectivity index (χ3v) is 6.92. The van der Waals surface area contributed by atoms with Crippen LogP contribution in [0, 0.1) is 0 Å². The van der Waals surface area contributed by atoms with Crippen LogP contribution in [0.25, 0.3) is 0 Å². The number of aliphatic carboxylic acids is 1. The molecule has 7 nitrogen and oxygen atoms in total. The van der Waals surface area contributed by atoms with Crippen LogP contribution in [0.1, 0.15) is 37.8 Å². The van der Waals surface area contributed by atoms with Crippen molar-refractivity contribution in [1.82, 2.24) is 9.21 Å². The van der Waals surface area contributed by atoms with Crippen molar-refractivity contribution in [3.8, 4) is 0 Å². The predicted molar refractivity (Wildman–Crippen MR) is 103 cm³/mol. The predicted octanol–water partition coefficient (Wildman–Crippen LogP) is 1.52. The Bertz CT molecular complexity index is 753. The highest BCUT2D eigenvalue weighted by Gasteiger charge is 2.32. The zero-order valence-electron chi connectivity index (χ0n) is 15.9. The lowest BCUT2D eigenvalue weighted by Gasteiger charge is -2.37. The molecule has 150 valence electrons. The number of carbonyl (C=O) groups is 2. The van der Waals surface area contributed by atoms with Gasteiger partial charge in [-0.3, -0.25) is 9.59 Å². The number of aryl methyl sites for hydroxylation is 1. The highest BCUT2D eigenvalue weighted by Crippen LogP contribution is 2.20. The Balaban J connectivity index is 2.06. The molecule has 0 aromatic heterocycles. The van der Waals surface area contributed by atoms with Crippen LogP contribution in [-0.2, 0) is 32.5 Å². The second-order valence-corrected chi connectivity index (χ2v) is 9.05. The molecule has 1 N–H and O–H groups in total. The van der Waals surface area contributed by atoms with Crippen LogP contribution >= 0.6 is 0 Å². The summed E-state index contributed by atoms with van der Waals surface area (Å²) in [5, 5.41) is 9.22. The van der Waals surface area contributed by atoms with Gasteiger partial charge in [0, 0.05) is 19.1 Å². The molecule has 1 fully saturated rings. The first-order valence-electron chi connectivity index (χ1n) is 9.33. The largest absolute Gasteiger partial charge is 0.480 e. The van der Waals surface area contributed by atoms with Gasteiger partial charge in [0.1, 0.15) is 6.54 Å². The van der Waals surface area contributed by atoms with Gasteiger partial charge in [-0.2, -0.15) is 0 Å². The molecular formula is C19H28N2O5S. The highest BCUT2D eigenvalue weighted by molar-refractivity contribution is 7.89. The van der Waals surface area contributed by atoms with E-state index >= 15 is 0 Å². The van der Waals surface area contributed by atoms with E-state index in [1.165, 1.54) is 14.8 Å². The Morgan fingerprint density at radius 3 is 2.15 bits per heavy atom. The fourth-order valence-electron chi connectivity index (χ4n) is 3.35. The Morgan fingerprint density at radius 2 is 1.67 bits per heavy atom. The average Bonchev–Trinajstić information content (AvgIpc) is 2.66. The van der Waals surface area contributed by atoms with Gasteiger partial charge in [-0.15, -0.1) is 0 Å². The lowest BCUT2D eigenvalue weighted by Crippen LogP contribution is -2.50. The van der Waals surface area contributed by atoms with Crippen molar-refractivity contribution in [2.45, 2.75) is 45.6 Å². The van der Waals surface area contributed by atoms with E-state index in [2.05, 4.69) is 6.92 Å². The Labute approximate surface area is 161 Å². The van der Waals surface area contributed by atoms with E-state index in [-0.39, 0.29) is 30.7 Å². The molecule has 1 aromatic carbocycles. The van der Waals surface area contributed by atoms with Gasteiger partial charge in [-0.1, -0.05) is 31.2 Å². The zero-order chi connectivity index (χ0) is 20.0. The molecule has 1 heterocycles. The molecular weight excluding hydrogens is 368 g/mol. The van der Waals surface area contributed by atoms with Gasteiger partial charge < -0.3 is 10.0 Å². The van der Waals surface area contributed by atoms with Crippen molar-refractivity contribution >= 4 is 21.9 Å². The molecule has 0 unspecified atom stereocenters. The Kier molecular flexibility index (Phi) is 7.38. The van der Waals surface area contributed by atoms with Crippen molar-refractivity contribution in [2.75, 3.05) is 25.4 Å². The second kappa shape index (κ2) is 9.32. The molecule has 1 saturated heterocycles. The van der Waals surface area contributed by atoms with Crippen LogP contribution in [-0.4, -0.2) is 66.0 Å². The SMILES string of the molecule is CCc1ccc(CC(=O)N(CC(=O)O)C2CCN(S(=O)(=O)CC)CC2)cc1. The molecule has 0 spiro atoms. The first-order chi connectivity index (χ1) is 12.8. The quantitative estimate of drug-likeness (QED) is 0.719. The molecule has 27 heavy (non-hydrogen) atoms. The number of hydrogen-bond donors (Lipinski definition) is 1. The number of hydrogen-bond acceptors (Lipinski definition) is 4. The Morgan fingerprint density at radius 1 is 1.11 bits per heavy atom. The lowest BCUT2D eigenvalue weighted by atomic mass is 10.0. The Hall–Kier alpha value is -1.93. The van der Waals surface area contributed by atoms with E-state index in [0.717, 1.165) is 12.0 Å². The van der Waals surface area contributed by atoms with Gasteiger partial charge in [-0.25, -0.2) is 12.7 Å². The second-order valence-electron chi connectivity index (χ2n) is 6.79. The number of amides is 1. The van der Waals surface area contributed by atoms with Crippen LogP contribution in [0.4, 0.5) is 0 Å². The maximum atomic E-state index is 12.8. The maximum Gasteiger partial charge on any atom is 0.323 e. The van der Waals surface area contributed by atoms with Crippen LogP contribution in [0.15, 0.2) is 24.3 Å². The molecule has 0 bridgehead atoms. The number of carboxylic acids is 1. The first-order valence-corrected chi connectivity index (χ1v) is 10.9. The van der Waals surface area contributed by atoms with Crippen LogP contribution in [0.5, 0.6) is 0 Å². The molecule has 0 aliphatic carbocycles. The van der Waals surface area contributed by atoms with E-state index in [1.54, 1.807) is 6.92 Å². The van der Waals surface area contributed by atoms with E-state index in [9.17, 15) is 23.1 Å². The summed E-state index contributed by atoms with van der Waals surface area (Å²) >= 11 is 0. The topological polar surface area (TPSA) is 95.0 Å². The van der Waals surface area contributed by atoms with Crippen molar-refractivity contribution in [3.05, 3.63) is 35.4 Å². The summed E-state index contributed by atoms with van der Waals surface area (Å²) in [5.74, 6) is -1.25. The molecule has 8 heteroatoms. The summed E-state index contributed by atoms with van der Waals surface area (Å²) in [4.78, 5) is 25.4. The van der Waals surface area contributed by atoms with E-state index < -0.39 is 16.0 Å². The fourth-order valence-corrected chi connectivity index (χ4v) is 4.48. The minimum absolute atomic E-state index is 0.0448. The number of nitrogens with zero attached hydrogens (tertiary/aromatic N) is 2. The number of sulfonamides is 1. The van der Waals surface area contributed by atoms with E-state index in [1.807, 2.05) is 24.3 Å². The summed E-state index contributed by atoms with van der Waals surface area (Å²) in [7, 11) is -3.26. The van der Waals surface area contributed by atoms with Gasteiger partial charge in [0.2, 0.25) is 15.9 Å². The third kappa shape index (κ3) is 5.77. The van der Waals surface area contributed by atoms with Crippen molar-refractivity contribution in [2.24, 2.45) is 0 Å². The van der Waals surface area contributed by atoms with Crippen LogP contribution in [0.3, 0.4) is 0 Å². The smallest absolute Gasteiger partial charge is 0.323 e. The molecule has 1 aliphatic rings. The number of rotatable bonds is 8. The summed E-state index contributed by atoms with van der Waals surface area (Å²) in [5.41, 5.74) is 2.02. The fraction of sp³-hybridized carbons (Fsp3) is 0.579. The molecule has 1 amide bonds. The number of carbonyl (C=O) groups excluding carboxylic acids is 1. The van der Waals surface area contributed by atoms with Crippen molar-refractivity contribution < 1.29 is 23.1 Å². The van der Waals surface area contributed by atoms with Crippen LogP contribution in [0.2, 0.25) is 0 Å². The van der Waals surface area contributed by atoms with Gasteiger partial charge in [0.25, 0.3) is 0 Å². The molecule has 1 aliphatic heterocycles. The maximum absolute atomic E-state index is 12.8. The summed E-state index contributed by atoms with van der Waals surface area (Å²) in [6.45, 7) is 3.92. The minimum atomic E-state index is -3.26. The van der Waals surface area contributed by atoms with E-state index in [4.69, 9.17) is 0 Å². The van der Waals surface area contributed by atoms with Crippen LogP contribution < -0.4 is 0 Å². The molecule has 0 atom stereocenters. The van der Waals surface area contributed by atoms with Gasteiger partial charge in [0.05, 0.1) is 12.2 Å². The van der Waals surface area contributed by atoms with Gasteiger partial charge >= 0.3 is 5.97 Å². The minimum Gasteiger partial charge on any atom is -0.480 e. The van der Waals surface area contributed by atoms with Crippen molar-refractivity contribution in [1.29, 1.82) is 0 Å². The molecule has 2 rings (SSSR count). The standard InChI is InChI=1S/C19H28N2O5S/c1-3-15-5-7-16(8-6-15)13-18(22)21(14-19(23)24)17-9-11-20(12-10-17)27(25,26)4-2/h5-8,17H,3-4,9-14H2,1-2H3,(H,23,24). The summed E-state index contributed by atoms with van der Waals surface area (Å²) in [6, 6.07) is 7.47. The molecule has 1 aromatic rings. The van der Waals surface area contributed by atoms with Gasteiger partial charge in [-0.05, 0) is 37.3 Å². The summed E-state index contributed by atoms with van der Waals surface area (Å²) in [6.07, 6.45) is 1.96. The normalized spacial score (nSPS) is 16.2. The average molecular weight is 397 g/mol. The number of piperidine rings is 1. The third-order valence-electron chi connectivity index (χ3n) is 5.03. The lowest BCUT2D eigenvalue weighted by molar-refractivity contribution is -0.146. The monoisotopic (exact) mass is 396 g/mol. The molecule has 0 radical (unpaired) electrons. The number of benzene rings is 1. The summed E-state index contributed by atoms with van der Waals surface area (Å²) < 4.78 is 25.4. The van der Waals surface area contributed by atoms with E-state index in [0.29, 0.717) is 25.9 Å². The first kappa shape index (κ1) is 21.4. The highest BCUT2D eigenvalue weighted by atomic mass is 32.2. The molecule has 0 saturated carbocycles.